The molecule has 1 aromatic carbocycles. The summed E-state index contributed by atoms with van der Waals surface area (Å²) < 4.78 is 10.8. The zero-order chi connectivity index (χ0) is 17.1. The van der Waals surface area contributed by atoms with Crippen molar-refractivity contribution in [1.82, 2.24) is 0 Å². The summed E-state index contributed by atoms with van der Waals surface area (Å²) in [6.07, 6.45) is 5.72. The van der Waals surface area contributed by atoms with Crippen molar-refractivity contribution in [3.8, 4) is 11.5 Å². The fourth-order valence-corrected chi connectivity index (χ4v) is 2.37. The molecular formula is C19H28O4. The molecule has 0 aromatic heterocycles. The molecule has 0 amide bonds. The molecular weight excluding hydrogens is 292 g/mol. The molecule has 0 aliphatic rings. The second-order valence-electron chi connectivity index (χ2n) is 5.72. The van der Waals surface area contributed by atoms with Crippen molar-refractivity contribution < 1.29 is 19.1 Å². The van der Waals surface area contributed by atoms with Crippen LogP contribution in [0.15, 0.2) is 24.3 Å². The topological polar surface area (TPSA) is 52.6 Å². The predicted octanol–water partition coefficient (Wildman–Crippen LogP) is 4.90. The Morgan fingerprint density at radius 3 is 2.13 bits per heavy atom. The average Bonchev–Trinajstić information content (AvgIpc) is 2.53. The van der Waals surface area contributed by atoms with Crippen molar-refractivity contribution in [2.24, 2.45) is 5.92 Å². The number of esters is 2. The lowest BCUT2D eigenvalue weighted by molar-refractivity contribution is -0.140. The quantitative estimate of drug-likeness (QED) is 0.454. The maximum absolute atomic E-state index is 12.4. The third kappa shape index (κ3) is 6.85. The van der Waals surface area contributed by atoms with Gasteiger partial charge in [-0.3, -0.25) is 9.59 Å². The molecule has 0 aliphatic carbocycles. The number of carbonyl (C=O) groups excluding carboxylic acids is 2. The smallest absolute Gasteiger partial charge is 0.314 e. The van der Waals surface area contributed by atoms with Gasteiger partial charge < -0.3 is 9.47 Å². The van der Waals surface area contributed by atoms with Gasteiger partial charge in [0.05, 0.1) is 5.92 Å². The molecule has 0 spiro atoms. The van der Waals surface area contributed by atoms with Crippen LogP contribution in [0.3, 0.4) is 0 Å². The van der Waals surface area contributed by atoms with Crippen LogP contribution in [-0.4, -0.2) is 11.9 Å². The van der Waals surface area contributed by atoms with Gasteiger partial charge in [-0.15, -0.1) is 0 Å². The van der Waals surface area contributed by atoms with Gasteiger partial charge in [-0.1, -0.05) is 52.2 Å². The van der Waals surface area contributed by atoms with E-state index in [0.29, 0.717) is 17.9 Å². The van der Waals surface area contributed by atoms with E-state index >= 15 is 0 Å². The Morgan fingerprint density at radius 1 is 0.913 bits per heavy atom. The van der Waals surface area contributed by atoms with Crippen LogP contribution in [0.1, 0.15) is 65.7 Å². The Hall–Kier alpha value is -1.84. The molecule has 0 heterocycles. The lowest BCUT2D eigenvalue weighted by Gasteiger charge is -2.16. The summed E-state index contributed by atoms with van der Waals surface area (Å²) in [4.78, 5) is 24.1. The third-order valence-corrected chi connectivity index (χ3v) is 3.61. The number of hydrogen-bond acceptors (Lipinski definition) is 4. The molecule has 0 saturated carbocycles. The van der Waals surface area contributed by atoms with Crippen molar-refractivity contribution in [3.05, 3.63) is 24.3 Å². The van der Waals surface area contributed by atoms with Crippen molar-refractivity contribution in [3.63, 3.8) is 0 Å². The largest absolute Gasteiger partial charge is 0.423 e. The van der Waals surface area contributed by atoms with Crippen LogP contribution in [0.25, 0.3) is 0 Å². The molecule has 0 bridgehead atoms. The summed E-state index contributed by atoms with van der Waals surface area (Å²) >= 11 is 0. The van der Waals surface area contributed by atoms with Gasteiger partial charge in [0.1, 0.15) is 0 Å². The zero-order valence-electron chi connectivity index (χ0n) is 14.5. The molecule has 4 heteroatoms. The van der Waals surface area contributed by atoms with E-state index in [9.17, 15) is 9.59 Å². The fourth-order valence-electron chi connectivity index (χ4n) is 2.37. The molecule has 0 saturated heterocycles. The van der Waals surface area contributed by atoms with Crippen LogP contribution in [0.2, 0.25) is 0 Å². The standard InChI is InChI=1S/C19H28O4/c1-4-7-12-15(10-5-2)19(21)23-17-14-9-8-13-16(17)22-18(20)11-6-3/h8-9,13-15H,4-7,10-12H2,1-3H3. The first kappa shape index (κ1) is 19.2. The van der Waals surface area contributed by atoms with Gasteiger partial charge >= 0.3 is 11.9 Å². The summed E-state index contributed by atoms with van der Waals surface area (Å²) in [5, 5.41) is 0. The Morgan fingerprint density at radius 2 is 1.57 bits per heavy atom. The molecule has 1 rings (SSSR count). The number of para-hydroxylation sites is 2. The van der Waals surface area contributed by atoms with Gasteiger partial charge in [0, 0.05) is 6.42 Å². The summed E-state index contributed by atoms with van der Waals surface area (Å²) in [6, 6.07) is 6.83. The van der Waals surface area contributed by atoms with Crippen LogP contribution in [-0.2, 0) is 9.59 Å². The van der Waals surface area contributed by atoms with Gasteiger partial charge in [0.15, 0.2) is 11.5 Å². The van der Waals surface area contributed by atoms with E-state index in [2.05, 4.69) is 13.8 Å². The van der Waals surface area contributed by atoms with E-state index in [4.69, 9.17) is 9.47 Å². The molecule has 0 N–H and O–H groups in total. The minimum atomic E-state index is -0.313. The first-order valence-electron chi connectivity index (χ1n) is 8.63. The second-order valence-corrected chi connectivity index (χ2v) is 5.72. The van der Waals surface area contributed by atoms with E-state index in [0.717, 1.165) is 38.5 Å². The van der Waals surface area contributed by atoms with Crippen molar-refractivity contribution in [2.45, 2.75) is 65.7 Å². The number of hydrogen-bond donors (Lipinski definition) is 0. The summed E-state index contributed by atoms with van der Waals surface area (Å²) in [5.41, 5.74) is 0. The highest BCUT2D eigenvalue weighted by atomic mass is 16.6. The lowest BCUT2D eigenvalue weighted by Crippen LogP contribution is -2.21. The molecule has 0 aliphatic heterocycles. The summed E-state index contributed by atoms with van der Waals surface area (Å²) in [6.45, 7) is 6.08. The predicted molar refractivity (Wildman–Crippen MR) is 90.5 cm³/mol. The normalized spacial score (nSPS) is 11.8. The van der Waals surface area contributed by atoms with Crippen LogP contribution < -0.4 is 9.47 Å². The average molecular weight is 320 g/mol. The summed E-state index contributed by atoms with van der Waals surface area (Å²) in [5.74, 6) is -0.0182. The van der Waals surface area contributed by atoms with Gasteiger partial charge in [-0.25, -0.2) is 0 Å². The first-order chi connectivity index (χ1) is 11.1. The molecule has 23 heavy (non-hydrogen) atoms. The molecule has 128 valence electrons. The highest BCUT2D eigenvalue weighted by Crippen LogP contribution is 2.29. The van der Waals surface area contributed by atoms with Gasteiger partial charge in [-0.05, 0) is 31.4 Å². The lowest BCUT2D eigenvalue weighted by atomic mass is 9.97. The molecule has 0 radical (unpaired) electrons. The van der Waals surface area contributed by atoms with Gasteiger partial charge in [0.2, 0.25) is 0 Å². The number of unbranched alkanes of at least 4 members (excludes halogenated alkanes) is 1. The molecule has 0 fully saturated rings. The number of ether oxygens (including phenoxy) is 2. The fraction of sp³-hybridized carbons (Fsp3) is 0.579. The number of benzene rings is 1. The van der Waals surface area contributed by atoms with Crippen LogP contribution >= 0.6 is 0 Å². The minimum absolute atomic E-state index is 0.0978. The van der Waals surface area contributed by atoms with Crippen LogP contribution in [0.5, 0.6) is 11.5 Å². The molecule has 1 aromatic rings. The number of carbonyl (C=O) groups is 2. The Kier molecular flexibility index (Phi) is 9.03. The van der Waals surface area contributed by atoms with E-state index in [1.54, 1.807) is 24.3 Å². The highest BCUT2D eigenvalue weighted by molar-refractivity contribution is 5.77. The maximum Gasteiger partial charge on any atom is 0.314 e. The van der Waals surface area contributed by atoms with E-state index in [1.165, 1.54) is 0 Å². The summed E-state index contributed by atoms with van der Waals surface area (Å²) in [7, 11) is 0. The van der Waals surface area contributed by atoms with Crippen molar-refractivity contribution in [1.29, 1.82) is 0 Å². The molecule has 1 atom stereocenters. The third-order valence-electron chi connectivity index (χ3n) is 3.61. The Balaban J connectivity index is 2.77. The Labute approximate surface area is 139 Å². The van der Waals surface area contributed by atoms with E-state index in [-0.39, 0.29) is 17.9 Å². The van der Waals surface area contributed by atoms with Crippen LogP contribution in [0.4, 0.5) is 0 Å². The SMILES string of the molecule is CCCCC(CCC)C(=O)Oc1ccccc1OC(=O)CCC. The minimum Gasteiger partial charge on any atom is -0.423 e. The molecule has 1 unspecified atom stereocenters. The first-order valence-corrected chi connectivity index (χ1v) is 8.63. The van der Waals surface area contributed by atoms with Gasteiger partial charge in [0.25, 0.3) is 0 Å². The van der Waals surface area contributed by atoms with E-state index in [1.807, 2.05) is 6.92 Å². The monoisotopic (exact) mass is 320 g/mol. The number of rotatable bonds is 10. The van der Waals surface area contributed by atoms with Crippen LogP contribution in [0, 0.1) is 5.92 Å². The van der Waals surface area contributed by atoms with Crippen molar-refractivity contribution >= 4 is 11.9 Å². The maximum atomic E-state index is 12.4. The highest BCUT2D eigenvalue weighted by Gasteiger charge is 2.21. The van der Waals surface area contributed by atoms with Crippen molar-refractivity contribution in [2.75, 3.05) is 0 Å². The van der Waals surface area contributed by atoms with Gasteiger partial charge in [-0.2, -0.15) is 0 Å². The zero-order valence-corrected chi connectivity index (χ0v) is 14.5. The molecule has 4 nitrogen and oxygen atoms in total. The van der Waals surface area contributed by atoms with E-state index < -0.39 is 0 Å². The second kappa shape index (κ2) is 10.8. The Bertz CT molecular complexity index is 496.